The van der Waals surface area contributed by atoms with Crippen LogP contribution in [0.15, 0.2) is 24.3 Å². The van der Waals surface area contributed by atoms with Crippen LogP contribution in [0, 0.1) is 6.92 Å². The van der Waals surface area contributed by atoms with Gasteiger partial charge in [0.2, 0.25) is 0 Å². The Kier molecular flexibility index (Phi) is 10.8. The number of unbranched alkanes of at least 4 members (excludes halogenated alkanes) is 1. The average Bonchev–Trinajstić information content (AvgIpc) is 3.15. The maximum atomic E-state index is 11.6. The third-order valence-corrected chi connectivity index (χ3v) is 4.69. The van der Waals surface area contributed by atoms with E-state index in [-0.39, 0.29) is 24.6 Å². The van der Waals surface area contributed by atoms with Crippen LogP contribution in [0.3, 0.4) is 0 Å². The molecule has 0 radical (unpaired) electrons. The molecule has 0 saturated heterocycles. The molecule has 2 aliphatic carbocycles. The van der Waals surface area contributed by atoms with Crippen molar-refractivity contribution in [3.8, 4) is 11.5 Å². The molecular formula is C22H31LiO3. The summed E-state index contributed by atoms with van der Waals surface area (Å²) in [6.45, 7) is 5.72. The quantitative estimate of drug-likeness (QED) is 0.605. The van der Waals surface area contributed by atoms with Crippen molar-refractivity contribution in [3.63, 3.8) is 0 Å². The number of ketones is 1. The van der Waals surface area contributed by atoms with Crippen molar-refractivity contribution < 1.29 is 33.1 Å². The summed E-state index contributed by atoms with van der Waals surface area (Å²) < 4.78 is 11.5. The van der Waals surface area contributed by atoms with Crippen molar-refractivity contribution in [2.24, 2.45) is 0 Å². The largest absolute Gasteiger partial charge is 1.00 e. The predicted molar refractivity (Wildman–Crippen MR) is 103 cm³/mol. The summed E-state index contributed by atoms with van der Waals surface area (Å²) in [6.07, 6.45) is 11.7. The molecule has 0 amide bonds. The molecule has 0 unspecified atom stereocenters. The third kappa shape index (κ3) is 6.86. The first-order valence-electron chi connectivity index (χ1n) is 9.55. The molecule has 0 aliphatic heterocycles. The Hall–Kier alpha value is -1.17. The van der Waals surface area contributed by atoms with Crippen LogP contribution in [0.2, 0.25) is 0 Å². The third-order valence-electron chi connectivity index (χ3n) is 4.69. The van der Waals surface area contributed by atoms with Gasteiger partial charge >= 0.3 is 18.9 Å². The summed E-state index contributed by atoms with van der Waals surface area (Å²) in [5.74, 6) is 1.81. The normalized spacial score (nSPS) is 16.9. The fourth-order valence-corrected chi connectivity index (χ4v) is 3.17. The number of hydrogen-bond donors (Lipinski definition) is 0. The van der Waals surface area contributed by atoms with Crippen LogP contribution in [0.1, 0.15) is 70.3 Å². The summed E-state index contributed by atoms with van der Waals surface area (Å²) >= 11 is 0. The molecule has 1 aromatic rings. The van der Waals surface area contributed by atoms with Gasteiger partial charge in [0.15, 0.2) is 17.3 Å². The zero-order chi connectivity index (χ0) is 18.1. The second kappa shape index (κ2) is 12.3. The van der Waals surface area contributed by atoms with Gasteiger partial charge in [-0.05, 0) is 67.9 Å². The minimum Gasteiger partial charge on any atom is -0.493 e. The molecular weight excluding hydrogens is 319 g/mol. The topological polar surface area (TPSA) is 35.5 Å². The number of methoxy groups -OCH3 is 1. The molecule has 2 aliphatic rings. The van der Waals surface area contributed by atoms with Gasteiger partial charge < -0.3 is 16.4 Å². The fraction of sp³-hybridized carbons (Fsp3) is 0.545. The molecule has 1 saturated carbocycles. The molecule has 0 atom stereocenters. The van der Waals surface area contributed by atoms with Gasteiger partial charge in [0.1, 0.15) is 0 Å². The van der Waals surface area contributed by atoms with E-state index in [1.54, 1.807) is 13.2 Å². The summed E-state index contributed by atoms with van der Waals surface area (Å²) in [4.78, 5) is 11.6. The van der Waals surface area contributed by atoms with Crippen LogP contribution >= 0.6 is 0 Å². The standard InChI is InChI=1S/C18H22O3.C4H9.Li/c1-20-17-10-9-14(13-5-4-6-15(19)11-13)12-18(17)21-16-7-2-3-8-16;1-3-4-2;/h9-12,16H,2-8H2,1H3;1,3-4H2,2H3;/q;-1;+1. The minimum atomic E-state index is 0. The van der Waals surface area contributed by atoms with Gasteiger partial charge in [0.25, 0.3) is 0 Å². The Balaban J connectivity index is 0.000000616. The van der Waals surface area contributed by atoms with E-state index in [4.69, 9.17) is 9.47 Å². The Morgan fingerprint density at radius 3 is 2.38 bits per heavy atom. The van der Waals surface area contributed by atoms with E-state index in [2.05, 4.69) is 13.8 Å². The Morgan fingerprint density at radius 1 is 1.12 bits per heavy atom. The number of carbonyl (C=O) groups excluding carboxylic acids is 1. The Labute approximate surface area is 170 Å². The average molecular weight is 350 g/mol. The van der Waals surface area contributed by atoms with Crippen molar-refractivity contribution in [1.29, 1.82) is 0 Å². The Morgan fingerprint density at radius 2 is 1.81 bits per heavy atom. The van der Waals surface area contributed by atoms with Gasteiger partial charge in [-0.25, -0.2) is 0 Å². The molecule has 3 rings (SSSR count). The van der Waals surface area contributed by atoms with E-state index in [1.165, 1.54) is 19.3 Å². The monoisotopic (exact) mass is 350 g/mol. The molecule has 1 fully saturated rings. The summed E-state index contributed by atoms with van der Waals surface area (Å²) in [5.41, 5.74) is 2.20. The molecule has 0 bridgehead atoms. The van der Waals surface area contributed by atoms with Crippen molar-refractivity contribution in [2.45, 2.75) is 70.8 Å². The minimum absolute atomic E-state index is 0. The van der Waals surface area contributed by atoms with E-state index in [0.29, 0.717) is 12.5 Å². The molecule has 0 N–H and O–H groups in total. The second-order valence-electron chi connectivity index (χ2n) is 6.73. The molecule has 4 heteroatoms. The van der Waals surface area contributed by atoms with Crippen LogP contribution in [0.25, 0.3) is 5.57 Å². The number of carbonyl (C=O) groups is 1. The van der Waals surface area contributed by atoms with E-state index in [9.17, 15) is 4.79 Å². The molecule has 26 heavy (non-hydrogen) atoms. The summed E-state index contributed by atoms with van der Waals surface area (Å²) in [5, 5.41) is 0. The zero-order valence-corrected chi connectivity index (χ0v) is 16.7. The van der Waals surface area contributed by atoms with Gasteiger partial charge in [-0.1, -0.05) is 19.4 Å². The summed E-state index contributed by atoms with van der Waals surface area (Å²) in [6, 6.07) is 5.99. The van der Waals surface area contributed by atoms with Gasteiger partial charge in [0, 0.05) is 6.42 Å². The van der Waals surface area contributed by atoms with Crippen LogP contribution in [0.5, 0.6) is 11.5 Å². The number of allylic oxidation sites excluding steroid dienone is 2. The Bertz CT molecular complexity index is 587. The maximum Gasteiger partial charge on any atom is 1.00 e. The van der Waals surface area contributed by atoms with Crippen LogP contribution in [-0.4, -0.2) is 19.0 Å². The van der Waals surface area contributed by atoms with Crippen LogP contribution < -0.4 is 28.3 Å². The van der Waals surface area contributed by atoms with Crippen LogP contribution in [-0.2, 0) is 4.79 Å². The number of hydrogen-bond acceptors (Lipinski definition) is 3. The predicted octanol–water partition coefficient (Wildman–Crippen LogP) is 2.78. The first-order valence-corrected chi connectivity index (χ1v) is 9.55. The van der Waals surface area contributed by atoms with Crippen molar-refractivity contribution in [3.05, 3.63) is 36.8 Å². The maximum absolute atomic E-state index is 11.6. The van der Waals surface area contributed by atoms with Crippen molar-refractivity contribution in [2.75, 3.05) is 7.11 Å². The first kappa shape index (κ1) is 22.9. The number of benzene rings is 1. The number of rotatable bonds is 5. The molecule has 0 spiro atoms. The SMILES string of the molecule is COc1ccc(C2=CC(=O)CCC2)cc1OC1CCCC1.[CH2-]CCC.[Li+]. The smallest absolute Gasteiger partial charge is 0.493 e. The van der Waals surface area contributed by atoms with Gasteiger partial charge in [-0.2, -0.15) is 6.42 Å². The van der Waals surface area contributed by atoms with Crippen molar-refractivity contribution >= 4 is 11.4 Å². The van der Waals surface area contributed by atoms with Crippen molar-refractivity contribution in [1.82, 2.24) is 0 Å². The van der Waals surface area contributed by atoms with Gasteiger partial charge in [-0.15, -0.1) is 0 Å². The second-order valence-corrected chi connectivity index (χ2v) is 6.73. The summed E-state index contributed by atoms with van der Waals surface area (Å²) in [7, 11) is 1.67. The van der Waals surface area contributed by atoms with Gasteiger partial charge in [-0.3, -0.25) is 4.79 Å². The zero-order valence-electron chi connectivity index (χ0n) is 16.7. The molecule has 0 aromatic heterocycles. The molecule has 3 nitrogen and oxygen atoms in total. The van der Waals surface area contributed by atoms with E-state index >= 15 is 0 Å². The van der Waals surface area contributed by atoms with E-state index < -0.39 is 0 Å². The number of ether oxygens (including phenoxy) is 2. The van der Waals surface area contributed by atoms with E-state index in [1.807, 2.05) is 18.2 Å². The molecule has 1 aromatic carbocycles. The first-order chi connectivity index (χ1) is 12.2. The van der Waals surface area contributed by atoms with E-state index in [0.717, 1.165) is 54.7 Å². The molecule has 0 heterocycles. The van der Waals surface area contributed by atoms with Crippen LogP contribution in [0.4, 0.5) is 0 Å². The molecule has 138 valence electrons. The fourth-order valence-electron chi connectivity index (χ4n) is 3.17. The van der Waals surface area contributed by atoms with Gasteiger partial charge in [0.05, 0.1) is 13.2 Å².